The van der Waals surface area contributed by atoms with Crippen LogP contribution in [0.5, 0.6) is 0 Å². The number of anilines is 1. The molecule has 1 aromatic rings. The molecule has 1 aliphatic rings. The molecular weight excluding hydrogens is 292 g/mol. The summed E-state index contributed by atoms with van der Waals surface area (Å²) in [6.07, 6.45) is -0.497. The molecule has 1 fully saturated rings. The van der Waals surface area contributed by atoms with Gasteiger partial charge >= 0.3 is 6.09 Å². The zero-order chi connectivity index (χ0) is 15.5. The van der Waals surface area contributed by atoms with E-state index in [1.165, 1.54) is 0 Å². The van der Waals surface area contributed by atoms with Crippen LogP contribution < -0.4 is 10.6 Å². The highest BCUT2D eigenvalue weighted by molar-refractivity contribution is 6.31. The average molecular weight is 313 g/mol. The van der Waals surface area contributed by atoms with Gasteiger partial charge in [-0.25, -0.2) is 4.79 Å². The third-order valence-corrected chi connectivity index (χ3v) is 3.18. The number of carbonyl (C=O) groups is 1. The molecule has 1 aromatic carbocycles. The number of carbonyl (C=O) groups excluding carboxylic acids is 1. The van der Waals surface area contributed by atoms with Gasteiger partial charge < -0.3 is 14.8 Å². The van der Waals surface area contributed by atoms with E-state index in [4.69, 9.17) is 21.1 Å². The van der Waals surface area contributed by atoms with Crippen molar-refractivity contribution in [1.29, 1.82) is 0 Å². The number of hydrogen-bond donors (Lipinski definition) is 2. The molecule has 6 heteroatoms. The minimum Gasteiger partial charge on any atom is -0.444 e. The number of halogens is 1. The van der Waals surface area contributed by atoms with Crippen LogP contribution in [0, 0.1) is 0 Å². The summed E-state index contributed by atoms with van der Waals surface area (Å²) in [4.78, 5) is 11.9. The molecule has 1 unspecified atom stereocenters. The highest BCUT2D eigenvalue weighted by atomic mass is 35.5. The van der Waals surface area contributed by atoms with Crippen LogP contribution in [-0.4, -0.2) is 31.5 Å². The van der Waals surface area contributed by atoms with Crippen LogP contribution in [-0.2, 0) is 9.47 Å². The Kier molecular flexibility index (Phi) is 5.08. The van der Waals surface area contributed by atoms with E-state index in [0.717, 1.165) is 12.1 Å². The lowest BCUT2D eigenvalue weighted by Crippen LogP contribution is -2.35. The molecule has 2 rings (SSSR count). The van der Waals surface area contributed by atoms with E-state index < -0.39 is 11.7 Å². The van der Waals surface area contributed by atoms with Gasteiger partial charge in [-0.3, -0.25) is 5.32 Å². The first kappa shape index (κ1) is 16.1. The Balaban J connectivity index is 2.17. The van der Waals surface area contributed by atoms with Gasteiger partial charge in [0.1, 0.15) is 5.60 Å². The van der Waals surface area contributed by atoms with Gasteiger partial charge in [-0.2, -0.15) is 0 Å². The molecule has 0 radical (unpaired) electrons. The standard InChI is InChI=1S/C15H21ClN2O3/c1-15(2,3)21-14(19)18-12-8-10(16)4-5-11(12)13-9-20-7-6-17-13/h4-5,8,13,17H,6-7,9H2,1-3H3,(H,18,19). The maximum atomic E-state index is 11.9. The van der Waals surface area contributed by atoms with Crippen molar-refractivity contribution in [3.63, 3.8) is 0 Å². The highest BCUT2D eigenvalue weighted by Gasteiger charge is 2.21. The van der Waals surface area contributed by atoms with Crippen molar-refractivity contribution in [2.24, 2.45) is 0 Å². The molecule has 1 saturated heterocycles. The minimum atomic E-state index is -0.547. The molecule has 116 valence electrons. The van der Waals surface area contributed by atoms with E-state index in [9.17, 15) is 4.79 Å². The molecule has 0 bridgehead atoms. The second kappa shape index (κ2) is 6.64. The first-order chi connectivity index (χ1) is 9.85. The normalized spacial score (nSPS) is 19.1. The highest BCUT2D eigenvalue weighted by Crippen LogP contribution is 2.28. The fourth-order valence-corrected chi connectivity index (χ4v) is 2.29. The van der Waals surface area contributed by atoms with Crippen LogP contribution in [0.3, 0.4) is 0 Å². The van der Waals surface area contributed by atoms with E-state index in [1.807, 2.05) is 26.8 Å². The van der Waals surface area contributed by atoms with Crippen molar-refractivity contribution in [2.45, 2.75) is 32.4 Å². The number of benzene rings is 1. The summed E-state index contributed by atoms with van der Waals surface area (Å²) >= 11 is 6.03. The first-order valence-corrected chi connectivity index (χ1v) is 7.33. The zero-order valence-electron chi connectivity index (χ0n) is 12.5. The minimum absolute atomic E-state index is 0.0287. The van der Waals surface area contributed by atoms with Crippen molar-refractivity contribution in [1.82, 2.24) is 5.32 Å². The number of nitrogens with one attached hydrogen (secondary N) is 2. The van der Waals surface area contributed by atoms with Crippen molar-refractivity contribution in [3.05, 3.63) is 28.8 Å². The van der Waals surface area contributed by atoms with Crippen molar-refractivity contribution < 1.29 is 14.3 Å². The van der Waals surface area contributed by atoms with E-state index in [0.29, 0.717) is 23.9 Å². The van der Waals surface area contributed by atoms with Crippen LogP contribution in [0.4, 0.5) is 10.5 Å². The summed E-state index contributed by atoms with van der Waals surface area (Å²) < 4.78 is 10.7. The predicted molar refractivity (Wildman–Crippen MR) is 82.9 cm³/mol. The summed E-state index contributed by atoms with van der Waals surface area (Å²) in [6.45, 7) is 7.49. The molecule has 0 aliphatic carbocycles. The Bertz CT molecular complexity index is 508. The molecule has 1 amide bonds. The molecule has 5 nitrogen and oxygen atoms in total. The summed E-state index contributed by atoms with van der Waals surface area (Å²) in [5.74, 6) is 0. The fraction of sp³-hybridized carbons (Fsp3) is 0.533. The maximum Gasteiger partial charge on any atom is 0.412 e. The summed E-state index contributed by atoms with van der Waals surface area (Å²) in [5.41, 5.74) is 1.03. The quantitative estimate of drug-likeness (QED) is 0.879. The number of amides is 1. The monoisotopic (exact) mass is 312 g/mol. The number of ether oxygens (including phenoxy) is 2. The lowest BCUT2D eigenvalue weighted by molar-refractivity contribution is 0.0633. The van der Waals surface area contributed by atoms with Gasteiger partial charge in [-0.15, -0.1) is 0 Å². The van der Waals surface area contributed by atoms with Gasteiger partial charge in [-0.1, -0.05) is 17.7 Å². The van der Waals surface area contributed by atoms with Gasteiger partial charge in [0.2, 0.25) is 0 Å². The maximum absolute atomic E-state index is 11.9. The molecule has 1 heterocycles. The average Bonchev–Trinajstić information content (AvgIpc) is 2.37. The second-order valence-electron chi connectivity index (χ2n) is 5.94. The first-order valence-electron chi connectivity index (χ1n) is 6.96. The molecular formula is C15H21ClN2O3. The summed E-state index contributed by atoms with van der Waals surface area (Å²) in [7, 11) is 0. The van der Waals surface area contributed by atoms with Gasteiger partial charge in [0, 0.05) is 11.6 Å². The van der Waals surface area contributed by atoms with Crippen LogP contribution in [0.1, 0.15) is 32.4 Å². The second-order valence-corrected chi connectivity index (χ2v) is 6.38. The fourth-order valence-electron chi connectivity index (χ4n) is 2.12. The van der Waals surface area contributed by atoms with Crippen LogP contribution in [0.25, 0.3) is 0 Å². The van der Waals surface area contributed by atoms with Crippen LogP contribution in [0.2, 0.25) is 5.02 Å². The predicted octanol–water partition coefficient (Wildman–Crippen LogP) is 3.35. The smallest absolute Gasteiger partial charge is 0.412 e. The third kappa shape index (κ3) is 4.88. The van der Waals surface area contributed by atoms with E-state index in [2.05, 4.69) is 10.6 Å². The van der Waals surface area contributed by atoms with Crippen LogP contribution >= 0.6 is 11.6 Å². The van der Waals surface area contributed by atoms with Crippen molar-refractivity contribution in [2.75, 3.05) is 25.1 Å². The number of morpholine rings is 1. The number of hydrogen-bond acceptors (Lipinski definition) is 4. The topological polar surface area (TPSA) is 59.6 Å². The molecule has 0 aromatic heterocycles. The zero-order valence-corrected chi connectivity index (χ0v) is 13.3. The molecule has 2 N–H and O–H groups in total. The van der Waals surface area contributed by atoms with Gasteiger partial charge in [0.15, 0.2) is 0 Å². The molecule has 1 aliphatic heterocycles. The molecule has 0 spiro atoms. The van der Waals surface area contributed by atoms with Crippen molar-refractivity contribution in [3.8, 4) is 0 Å². The Hall–Kier alpha value is -1.30. The summed E-state index contributed by atoms with van der Waals surface area (Å²) in [5, 5.41) is 6.68. The third-order valence-electron chi connectivity index (χ3n) is 2.95. The lowest BCUT2D eigenvalue weighted by Gasteiger charge is -2.27. The molecule has 1 atom stereocenters. The number of rotatable bonds is 2. The van der Waals surface area contributed by atoms with Crippen molar-refractivity contribution >= 4 is 23.4 Å². The van der Waals surface area contributed by atoms with E-state index in [1.54, 1.807) is 12.1 Å². The van der Waals surface area contributed by atoms with Gasteiger partial charge in [0.05, 0.1) is 24.9 Å². The van der Waals surface area contributed by atoms with E-state index >= 15 is 0 Å². The molecule has 0 saturated carbocycles. The lowest BCUT2D eigenvalue weighted by atomic mass is 10.0. The van der Waals surface area contributed by atoms with E-state index in [-0.39, 0.29) is 6.04 Å². The molecule has 21 heavy (non-hydrogen) atoms. The van der Waals surface area contributed by atoms with Gasteiger partial charge in [-0.05, 0) is 38.5 Å². The Labute approximate surface area is 130 Å². The SMILES string of the molecule is CC(C)(C)OC(=O)Nc1cc(Cl)ccc1C1COCCN1. The van der Waals surface area contributed by atoms with Crippen LogP contribution in [0.15, 0.2) is 18.2 Å². The Morgan fingerprint density at radius 3 is 2.86 bits per heavy atom. The largest absolute Gasteiger partial charge is 0.444 e. The Morgan fingerprint density at radius 1 is 1.48 bits per heavy atom. The Morgan fingerprint density at radius 2 is 2.24 bits per heavy atom. The summed E-state index contributed by atoms with van der Waals surface area (Å²) in [6, 6.07) is 5.44. The van der Waals surface area contributed by atoms with Gasteiger partial charge in [0.25, 0.3) is 0 Å².